The van der Waals surface area contributed by atoms with Gasteiger partial charge in [-0.1, -0.05) is 54.6 Å². The summed E-state index contributed by atoms with van der Waals surface area (Å²) >= 11 is 0. The number of aryl methyl sites for hydroxylation is 5. The van der Waals surface area contributed by atoms with Crippen LogP contribution in [0.25, 0.3) is 105 Å². The SMILES string of the molecule is [C-]#[N+]c1ccc(-n2c3ccccc3c3cc(-c4nc(C)nc(C)n4)ccc32)cc1-c1cc(-c2ccc(C(F)(F)F)cc2C)ccc1-n1c2ccccc2c2cc(-c3nc(C)nc(C)n3)ccc21. The molecule has 0 aliphatic rings. The van der Waals surface area contributed by atoms with Crippen LogP contribution in [0.2, 0.25) is 0 Å². The van der Waals surface area contributed by atoms with Gasteiger partial charge in [-0.3, -0.25) is 0 Å². The average Bonchev–Trinajstić information content (AvgIpc) is 3.82. The largest absolute Gasteiger partial charge is 0.416 e. The number of benzene rings is 7. The number of hydrogen-bond donors (Lipinski definition) is 0. The number of alkyl halides is 3. The normalized spacial score (nSPS) is 11.9. The average molecular weight is 882 g/mol. The summed E-state index contributed by atoms with van der Waals surface area (Å²) in [7, 11) is 0. The van der Waals surface area contributed by atoms with Gasteiger partial charge in [0.25, 0.3) is 0 Å². The van der Waals surface area contributed by atoms with Crippen LogP contribution in [0.4, 0.5) is 18.9 Å². The van der Waals surface area contributed by atoms with Crippen molar-refractivity contribution in [3.05, 3.63) is 185 Å². The Morgan fingerprint density at radius 1 is 0.448 bits per heavy atom. The van der Waals surface area contributed by atoms with E-state index in [0.717, 1.165) is 77.7 Å². The molecule has 0 fully saturated rings. The summed E-state index contributed by atoms with van der Waals surface area (Å²) in [6.45, 7) is 17.6. The van der Waals surface area contributed by atoms with Crippen LogP contribution in [-0.2, 0) is 6.18 Å². The van der Waals surface area contributed by atoms with Gasteiger partial charge in [-0.2, -0.15) is 13.2 Å². The maximum absolute atomic E-state index is 13.9. The van der Waals surface area contributed by atoms with Crippen LogP contribution < -0.4 is 0 Å². The van der Waals surface area contributed by atoms with E-state index < -0.39 is 11.7 Å². The highest BCUT2D eigenvalue weighted by atomic mass is 19.4. The number of para-hydroxylation sites is 2. The standard InChI is InChI=1S/C55H38F3N9/c1-30-25-38(55(56,57)58)18-20-40(30)35-15-22-52(67-49-14-10-8-12-42(49)45-28-37(17-24-51(45)67)54-64-33(4)61-34(5)65-54)46(26-35)43-29-39(19-21-47(43)59-6)66-48-13-9-7-11-41(48)44-27-36(16-23-50(44)66)53-62-31(2)60-32(3)63-53/h7-29H,1-5H3. The van der Waals surface area contributed by atoms with Crippen LogP contribution >= 0.6 is 0 Å². The molecule has 324 valence electrons. The Kier molecular flexibility index (Phi) is 9.56. The Balaban J connectivity index is 1.17. The van der Waals surface area contributed by atoms with Crippen molar-refractivity contribution in [3.63, 3.8) is 0 Å². The van der Waals surface area contributed by atoms with Gasteiger partial charge < -0.3 is 9.13 Å². The Labute approximate surface area is 382 Å². The monoisotopic (exact) mass is 881 g/mol. The predicted molar refractivity (Wildman–Crippen MR) is 259 cm³/mol. The molecule has 0 aliphatic heterocycles. The van der Waals surface area contributed by atoms with Crippen molar-refractivity contribution in [1.29, 1.82) is 0 Å². The summed E-state index contributed by atoms with van der Waals surface area (Å²) < 4.78 is 46.2. The Bertz CT molecular complexity index is 3850. The molecule has 7 aromatic carbocycles. The summed E-state index contributed by atoms with van der Waals surface area (Å²) in [6.07, 6.45) is -4.49. The molecule has 11 aromatic rings. The molecule has 0 bridgehead atoms. The topological polar surface area (TPSA) is 91.6 Å². The van der Waals surface area contributed by atoms with Gasteiger partial charge in [0.2, 0.25) is 0 Å². The molecular weight excluding hydrogens is 844 g/mol. The first kappa shape index (κ1) is 41.2. The number of nitrogens with zero attached hydrogens (tertiary/aromatic N) is 9. The predicted octanol–water partition coefficient (Wildman–Crippen LogP) is 14.0. The van der Waals surface area contributed by atoms with Crippen LogP contribution in [0, 0.1) is 41.2 Å². The summed E-state index contributed by atoms with van der Waals surface area (Å²) in [5.74, 6) is 3.73. The number of halogens is 3. The molecule has 4 heterocycles. The maximum atomic E-state index is 13.9. The summed E-state index contributed by atoms with van der Waals surface area (Å²) in [6, 6.07) is 44.4. The lowest BCUT2D eigenvalue weighted by atomic mass is 9.93. The highest BCUT2D eigenvalue weighted by Crippen LogP contribution is 2.44. The van der Waals surface area contributed by atoms with Gasteiger partial charge in [0.15, 0.2) is 17.3 Å². The first-order chi connectivity index (χ1) is 32.3. The zero-order valence-corrected chi connectivity index (χ0v) is 36.9. The molecule has 0 radical (unpaired) electrons. The molecule has 12 heteroatoms. The third-order valence-corrected chi connectivity index (χ3v) is 12.3. The Hall–Kier alpha value is -8.56. The molecule has 0 atom stereocenters. The first-order valence-electron chi connectivity index (χ1n) is 21.6. The second-order valence-electron chi connectivity index (χ2n) is 16.7. The molecule has 67 heavy (non-hydrogen) atoms. The van der Waals surface area contributed by atoms with Gasteiger partial charge in [-0.15, -0.1) is 0 Å². The van der Waals surface area contributed by atoms with Gasteiger partial charge in [0, 0.05) is 38.4 Å². The third kappa shape index (κ3) is 7.03. The summed E-state index contributed by atoms with van der Waals surface area (Å²) in [5, 5.41) is 4.02. The molecular formula is C55H38F3N9. The maximum Gasteiger partial charge on any atom is 0.416 e. The van der Waals surface area contributed by atoms with E-state index in [9.17, 15) is 13.2 Å². The Morgan fingerprint density at radius 3 is 1.52 bits per heavy atom. The van der Waals surface area contributed by atoms with E-state index in [1.807, 2.05) is 100 Å². The minimum absolute atomic E-state index is 0.415. The van der Waals surface area contributed by atoms with Crippen molar-refractivity contribution < 1.29 is 13.2 Å². The zero-order chi connectivity index (χ0) is 46.3. The molecule has 0 unspecified atom stereocenters. The van der Waals surface area contributed by atoms with Crippen LogP contribution in [0.3, 0.4) is 0 Å². The lowest BCUT2D eigenvalue weighted by Gasteiger charge is -2.19. The quantitative estimate of drug-likeness (QED) is 0.155. The van der Waals surface area contributed by atoms with E-state index in [4.69, 9.17) is 6.57 Å². The number of fused-ring (bicyclic) bond motifs is 6. The number of rotatable bonds is 6. The van der Waals surface area contributed by atoms with E-state index in [1.54, 1.807) is 6.92 Å². The van der Waals surface area contributed by atoms with E-state index in [-0.39, 0.29) is 0 Å². The molecule has 0 N–H and O–H groups in total. The minimum atomic E-state index is -4.49. The molecule has 9 nitrogen and oxygen atoms in total. The highest BCUT2D eigenvalue weighted by molar-refractivity contribution is 6.12. The highest BCUT2D eigenvalue weighted by Gasteiger charge is 2.31. The smallest absolute Gasteiger partial charge is 0.309 e. The van der Waals surface area contributed by atoms with Gasteiger partial charge >= 0.3 is 6.18 Å². The second-order valence-corrected chi connectivity index (χ2v) is 16.7. The van der Waals surface area contributed by atoms with Crippen molar-refractivity contribution in [1.82, 2.24) is 39.0 Å². The lowest BCUT2D eigenvalue weighted by Crippen LogP contribution is -2.05. The van der Waals surface area contributed by atoms with E-state index >= 15 is 0 Å². The first-order valence-corrected chi connectivity index (χ1v) is 21.6. The second kappa shape index (κ2) is 15.6. The molecule has 0 spiro atoms. The van der Waals surface area contributed by atoms with Crippen LogP contribution in [0.5, 0.6) is 0 Å². The van der Waals surface area contributed by atoms with Gasteiger partial charge in [0.05, 0.1) is 39.9 Å². The summed E-state index contributed by atoms with van der Waals surface area (Å²) in [4.78, 5) is 31.4. The molecule has 0 aliphatic carbocycles. The lowest BCUT2D eigenvalue weighted by molar-refractivity contribution is -0.137. The van der Waals surface area contributed by atoms with Crippen LogP contribution in [0.1, 0.15) is 34.4 Å². The number of aromatic nitrogens is 8. The molecule has 0 saturated heterocycles. The fourth-order valence-electron chi connectivity index (χ4n) is 9.51. The van der Waals surface area contributed by atoms with Gasteiger partial charge in [-0.25, -0.2) is 34.7 Å². The van der Waals surface area contributed by atoms with Crippen molar-refractivity contribution >= 4 is 49.3 Å². The summed E-state index contributed by atoms with van der Waals surface area (Å²) in [5.41, 5.74) is 10.0. The fraction of sp³-hybridized carbons (Fsp3) is 0.109. The van der Waals surface area contributed by atoms with E-state index in [2.05, 4.69) is 92.4 Å². The van der Waals surface area contributed by atoms with Crippen molar-refractivity contribution in [2.75, 3.05) is 0 Å². The van der Waals surface area contributed by atoms with Gasteiger partial charge in [-0.05, 0) is 147 Å². The molecule has 4 aromatic heterocycles. The van der Waals surface area contributed by atoms with Crippen LogP contribution in [-0.4, -0.2) is 39.0 Å². The number of hydrogen-bond acceptors (Lipinski definition) is 6. The Morgan fingerprint density at radius 2 is 0.970 bits per heavy atom. The van der Waals surface area contributed by atoms with E-state index in [1.165, 1.54) is 12.1 Å². The zero-order valence-electron chi connectivity index (χ0n) is 36.9. The van der Waals surface area contributed by atoms with Crippen molar-refractivity contribution in [2.45, 2.75) is 40.8 Å². The molecule has 11 rings (SSSR count). The van der Waals surface area contributed by atoms with Gasteiger partial charge in [0.1, 0.15) is 23.3 Å². The van der Waals surface area contributed by atoms with E-state index in [0.29, 0.717) is 62.9 Å². The molecule has 0 amide bonds. The minimum Gasteiger partial charge on any atom is -0.309 e. The fourth-order valence-corrected chi connectivity index (χ4v) is 9.51. The van der Waals surface area contributed by atoms with Crippen molar-refractivity contribution in [2.24, 2.45) is 0 Å². The van der Waals surface area contributed by atoms with Crippen LogP contribution in [0.15, 0.2) is 140 Å². The van der Waals surface area contributed by atoms with Crippen molar-refractivity contribution in [3.8, 4) is 56.4 Å². The third-order valence-electron chi connectivity index (χ3n) is 12.3. The molecule has 0 saturated carbocycles.